The Morgan fingerprint density at radius 1 is 1.03 bits per heavy atom. The Bertz CT molecular complexity index is 1290. The number of carbonyl (C=O) groups is 4. The van der Waals surface area contributed by atoms with Crippen molar-refractivity contribution < 1.29 is 23.9 Å². The van der Waals surface area contributed by atoms with Crippen LogP contribution in [0.2, 0.25) is 0 Å². The zero-order valence-corrected chi connectivity index (χ0v) is 19.4. The van der Waals surface area contributed by atoms with Gasteiger partial charge >= 0.3 is 12.0 Å². The highest BCUT2D eigenvalue weighted by atomic mass is 32.2. The number of esters is 1. The first-order valence-corrected chi connectivity index (χ1v) is 11.6. The van der Waals surface area contributed by atoms with Gasteiger partial charge in [-0.05, 0) is 37.4 Å². The second-order valence-corrected chi connectivity index (χ2v) is 9.11. The molecule has 0 spiro atoms. The van der Waals surface area contributed by atoms with Crippen LogP contribution in [0.5, 0.6) is 0 Å². The molecule has 3 aromatic carbocycles. The van der Waals surface area contributed by atoms with E-state index in [9.17, 15) is 19.2 Å². The molecule has 0 saturated carbocycles. The van der Waals surface area contributed by atoms with Crippen molar-refractivity contribution in [3.8, 4) is 0 Å². The first-order valence-electron chi connectivity index (χ1n) is 10.6. The van der Waals surface area contributed by atoms with E-state index in [1.54, 1.807) is 37.3 Å². The van der Waals surface area contributed by atoms with Crippen LogP contribution in [0.4, 0.5) is 10.5 Å². The van der Waals surface area contributed by atoms with Crippen LogP contribution in [0, 0.1) is 0 Å². The Morgan fingerprint density at radius 3 is 2.50 bits per heavy atom. The van der Waals surface area contributed by atoms with Crippen molar-refractivity contribution in [2.24, 2.45) is 0 Å². The fourth-order valence-electron chi connectivity index (χ4n) is 3.51. The van der Waals surface area contributed by atoms with Crippen molar-refractivity contribution in [2.45, 2.75) is 30.4 Å². The topological polar surface area (TPSA) is 114 Å². The second-order valence-electron chi connectivity index (χ2n) is 8.09. The summed E-state index contributed by atoms with van der Waals surface area (Å²) in [6.07, 6.45) is -1.04. The molecule has 9 heteroatoms. The molecule has 1 aliphatic heterocycles. The number of nitrogens with one attached hydrogen (secondary N) is 3. The van der Waals surface area contributed by atoms with E-state index in [-0.39, 0.29) is 11.3 Å². The van der Waals surface area contributed by atoms with Gasteiger partial charge in [-0.1, -0.05) is 48.5 Å². The van der Waals surface area contributed by atoms with Crippen molar-refractivity contribution in [3.05, 3.63) is 72.3 Å². The van der Waals surface area contributed by atoms with Gasteiger partial charge in [0.15, 0.2) is 6.10 Å². The number of urea groups is 1. The fourth-order valence-corrected chi connectivity index (χ4v) is 4.64. The van der Waals surface area contributed by atoms with Gasteiger partial charge in [0.2, 0.25) is 0 Å². The zero-order chi connectivity index (χ0) is 24.3. The molecule has 4 amide bonds. The normalized spacial score (nSPS) is 18.2. The molecule has 1 fully saturated rings. The van der Waals surface area contributed by atoms with Crippen LogP contribution >= 0.6 is 11.8 Å². The van der Waals surface area contributed by atoms with E-state index in [1.807, 2.05) is 36.4 Å². The number of carbonyl (C=O) groups excluding carboxylic acids is 4. The molecule has 3 N–H and O–H groups in total. The van der Waals surface area contributed by atoms with Gasteiger partial charge < -0.3 is 15.4 Å². The van der Waals surface area contributed by atoms with Crippen molar-refractivity contribution in [2.75, 3.05) is 11.1 Å². The number of imide groups is 1. The highest BCUT2D eigenvalue weighted by Crippen LogP contribution is 2.28. The molecule has 1 heterocycles. The lowest BCUT2D eigenvalue weighted by Crippen LogP contribution is -2.46. The zero-order valence-electron chi connectivity index (χ0n) is 18.6. The van der Waals surface area contributed by atoms with E-state index in [4.69, 9.17) is 4.74 Å². The summed E-state index contributed by atoms with van der Waals surface area (Å²) in [5, 5.41) is 9.50. The predicted octanol–water partition coefficient (Wildman–Crippen LogP) is 3.71. The summed E-state index contributed by atoms with van der Waals surface area (Å²) < 4.78 is 5.44. The lowest BCUT2D eigenvalue weighted by molar-refractivity contribution is -0.124. The Hall–Kier alpha value is -3.85. The van der Waals surface area contributed by atoms with Gasteiger partial charge in [-0.3, -0.25) is 14.9 Å². The number of benzene rings is 3. The molecule has 34 heavy (non-hydrogen) atoms. The first-order chi connectivity index (χ1) is 16.3. The van der Waals surface area contributed by atoms with Crippen LogP contribution in [0.1, 0.15) is 24.2 Å². The van der Waals surface area contributed by atoms with Crippen LogP contribution in [0.25, 0.3) is 10.8 Å². The van der Waals surface area contributed by atoms with Crippen LogP contribution in [-0.4, -0.2) is 41.2 Å². The third kappa shape index (κ3) is 4.89. The average Bonchev–Trinajstić information content (AvgIpc) is 3.09. The molecule has 1 saturated heterocycles. The molecule has 3 aromatic rings. The predicted molar refractivity (Wildman–Crippen MR) is 130 cm³/mol. The molecule has 0 unspecified atom stereocenters. The Morgan fingerprint density at radius 2 is 1.74 bits per heavy atom. The molecular weight excluding hydrogens is 454 g/mol. The van der Waals surface area contributed by atoms with Crippen molar-refractivity contribution in [3.63, 3.8) is 0 Å². The lowest BCUT2D eigenvalue weighted by atomic mass is 10.1. The molecular formula is C25H23N3O5S. The van der Waals surface area contributed by atoms with Crippen LogP contribution < -0.4 is 16.0 Å². The summed E-state index contributed by atoms with van der Waals surface area (Å²) in [4.78, 5) is 49.7. The van der Waals surface area contributed by atoms with E-state index in [0.717, 1.165) is 10.8 Å². The number of thioether (sulfide) groups is 1. The average molecular weight is 478 g/mol. The second kappa shape index (κ2) is 9.56. The first kappa shape index (κ1) is 23.3. The molecule has 0 bridgehead atoms. The van der Waals surface area contributed by atoms with E-state index < -0.39 is 35.5 Å². The minimum absolute atomic E-state index is 0.214. The van der Waals surface area contributed by atoms with Gasteiger partial charge in [-0.15, -0.1) is 11.8 Å². The molecule has 1 aliphatic rings. The third-order valence-electron chi connectivity index (χ3n) is 5.44. The number of rotatable bonds is 7. The summed E-state index contributed by atoms with van der Waals surface area (Å²) in [7, 11) is 0. The number of fused-ring (bicyclic) bond motifs is 1. The monoisotopic (exact) mass is 477 g/mol. The van der Waals surface area contributed by atoms with E-state index in [0.29, 0.717) is 10.6 Å². The molecule has 174 valence electrons. The maximum absolute atomic E-state index is 12.9. The summed E-state index contributed by atoms with van der Waals surface area (Å²) in [6.45, 7) is 3.12. The van der Waals surface area contributed by atoms with Crippen LogP contribution in [0.15, 0.2) is 71.6 Å². The maximum atomic E-state index is 12.9. The number of ether oxygens (including phenoxy) is 1. The van der Waals surface area contributed by atoms with Crippen LogP contribution in [-0.2, 0) is 14.3 Å². The van der Waals surface area contributed by atoms with Crippen molar-refractivity contribution in [1.29, 1.82) is 0 Å². The van der Waals surface area contributed by atoms with Gasteiger partial charge in [0.1, 0.15) is 5.54 Å². The highest BCUT2D eigenvalue weighted by molar-refractivity contribution is 7.99. The van der Waals surface area contributed by atoms with Gasteiger partial charge in [0, 0.05) is 21.7 Å². The minimum atomic E-state index is -1.09. The van der Waals surface area contributed by atoms with E-state index in [1.165, 1.54) is 18.7 Å². The SMILES string of the molecule is C[C@@H](OC(=O)c1ccccc1SC[C@]1(C)NC(=O)NC1=O)C(=O)Nc1cccc2ccccc12. The highest BCUT2D eigenvalue weighted by Gasteiger charge is 2.42. The number of hydrogen-bond acceptors (Lipinski definition) is 6. The quantitative estimate of drug-likeness (QED) is 0.272. The maximum Gasteiger partial charge on any atom is 0.340 e. The van der Waals surface area contributed by atoms with Crippen LogP contribution in [0.3, 0.4) is 0 Å². The van der Waals surface area contributed by atoms with E-state index >= 15 is 0 Å². The molecule has 8 nitrogen and oxygen atoms in total. The summed E-state index contributed by atoms with van der Waals surface area (Å²) in [5.41, 5.74) is -0.192. The lowest BCUT2D eigenvalue weighted by Gasteiger charge is -2.20. The van der Waals surface area contributed by atoms with Crippen molar-refractivity contribution in [1.82, 2.24) is 10.6 Å². The summed E-state index contributed by atoms with van der Waals surface area (Å²) in [6, 6.07) is 19.4. The molecule has 4 rings (SSSR count). The van der Waals surface area contributed by atoms with E-state index in [2.05, 4.69) is 16.0 Å². The van der Waals surface area contributed by atoms with Crippen molar-refractivity contribution >= 4 is 52.0 Å². The standard InChI is InChI=1S/C25H23N3O5S/c1-15(21(29)26-19-12-7-9-16-8-3-4-10-17(16)19)33-22(30)18-11-5-6-13-20(18)34-14-25(2)23(31)27-24(32)28-25/h3-13,15H,14H2,1-2H3,(H,26,29)(H2,27,28,31,32)/t15-,25+/m1/s1. The fraction of sp³-hybridized carbons (Fsp3) is 0.200. The van der Waals surface area contributed by atoms with Gasteiger partial charge in [-0.25, -0.2) is 9.59 Å². The molecule has 0 aromatic heterocycles. The third-order valence-corrected chi connectivity index (χ3v) is 6.83. The van der Waals surface area contributed by atoms with Gasteiger partial charge in [-0.2, -0.15) is 0 Å². The molecule has 0 aliphatic carbocycles. The number of amides is 4. The number of anilines is 1. The van der Waals surface area contributed by atoms with Gasteiger partial charge in [0.25, 0.3) is 11.8 Å². The Labute approximate surface area is 200 Å². The Balaban J connectivity index is 1.43. The smallest absolute Gasteiger partial charge is 0.340 e. The largest absolute Gasteiger partial charge is 0.449 e. The Kier molecular flexibility index (Phi) is 6.56. The summed E-state index contributed by atoms with van der Waals surface area (Å²) >= 11 is 1.24. The molecule has 0 radical (unpaired) electrons. The number of hydrogen-bond donors (Lipinski definition) is 3. The molecule has 2 atom stereocenters. The van der Waals surface area contributed by atoms with Gasteiger partial charge in [0.05, 0.1) is 5.56 Å². The summed E-state index contributed by atoms with van der Waals surface area (Å²) in [5.74, 6) is -1.32. The minimum Gasteiger partial charge on any atom is -0.449 e.